The van der Waals surface area contributed by atoms with Gasteiger partial charge in [0.2, 0.25) is 5.95 Å². The maximum Gasteiger partial charge on any atom is 0.304 e. The Morgan fingerprint density at radius 3 is 2.63 bits per heavy atom. The molecule has 1 amide bonds. The second-order valence-electron chi connectivity index (χ2n) is 7.81. The zero-order chi connectivity index (χ0) is 24.4. The van der Waals surface area contributed by atoms with Gasteiger partial charge in [-0.3, -0.25) is 14.8 Å². The summed E-state index contributed by atoms with van der Waals surface area (Å²) >= 11 is 6.43. The SMILES string of the molecule is CN(Oc1ccc2c(c1)nc(Nc1ccc(Cl)c(-c3ccncc3)c1)n2C)C(=O)c1ccccn1. The zero-order valence-corrected chi connectivity index (χ0v) is 19.8. The predicted molar refractivity (Wildman–Crippen MR) is 136 cm³/mol. The van der Waals surface area contributed by atoms with E-state index in [9.17, 15) is 4.79 Å². The normalized spacial score (nSPS) is 10.8. The molecule has 0 aliphatic rings. The third kappa shape index (κ3) is 4.64. The van der Waals surface area contributed by atoms with E-state index in [1.807, 2.05) is 48.0 Å². The van der Waals surface area contributed by atoms with Crippen molar-refractivity contribution in [2.24, 2.45) is 7.05 Å². The number of aryl methyl sites for hydroxylation is 1. The number of hydrogen-bond donors (Lipinski definition) is 1. The molecule has 0 radical (unpaired) electrons. The number of aromatic nitrogens is 4. The molecule has 0 fully saturated rings. The second kappa shape index (κ2) is 9.44. The van der Waals surface area contributed by atoms with Crippen LogP contribution in [0.4, 0.5) is 11.6 Å². The minimum absolute atomic E-state index is 0.300. The second-order valence-corrected chi connectivity index (χ2v) is 8.22. The molecule has 0 saturated heterocycles. The van der Waals surface area contributed by atoms with E-state index in [0.29, 0.717) is 22.4 Å². The fourth-order valence-corrected chi connectivity index (χ4v) is 3.91. The molecule has 1 N–H and O–H groups in total. The Kier molecular flexibility index (Phi) is 6.03. The van der Waals surface area contributed by atoms with Crippen LogP contribution in [-0.4, -0.2) is 37.5 Å². The first-order chi connectivity index (χ1) is 17.0. The summed E-state index contributed by atoms with van der Waals surface area (Å²) in [6.07, 6.45) is 5.03. The summed E-state index contributed by atoms with van der Waals surface area (Å²) in [5.41, 5.74) is 4.64. The molecule has 0 saturated carbocycles. The van der Waals surface area contributed by atoms with Crippen molar-refractivity contribution >= 4 is 40.2 Å². The standard InChI is InChI=1S/C26H21ClN6O2/c1-32-24-9-7-19(35-33(2)25(34)22-5-3-4-12-29-22)16-23(24)31-26(32)30-18-6-8-21(27)20(15-18)17-10-13-28-14-11-17/h3-16H,1-2H3,(H,30,31). The van der Waals surface area contributed by atoms with Crippen LogP contribution in [0.25, 0.3) is 22.2 Å². The molecule has 3 aromatic heterocycles. The van der Waals surface area contributed by atoms with E-state index in [-0.39, 0.29) is 5.91 Å². The Morgan fingerprint density at radius 1 is 1.03 bits per heavy atom. The fourth-order valence-electron chi connectivity index (χ4n) is 3.68. The molecular weight excluding hydrogens is 464 g/mol. The predicted octanol–water partition coefficient (Wildman–Crippen LogP) is 5.49. The van der Waals surface area contributed by atoms with Gasteiger partial charge in [0.25, 0.3) is 0 Å². The number of fused-ring (bicyclic) bond motifs is 1. The first kappa shape index (κ1) is 22.4. The van der Waals surface area contributed by atoms with Gasteiger partial charge in [-0.2, -0.15) is 5.06 Å². The number of benzene rings is 2. The van der Waals surface area contributed by atoms with Crippen molar-refractivity contribution in [2.45, 2.75) is 0 Å². The van der Waals surface area contributed by atoms with E-state index in [1.54, 1.807) is 56.0 Å². The summed E-state index contributed by atoms with van der Waals surface area (Å²) in [6, 6.07) is 20.2. The first-order valence-corrected chi connectivity index (χ1v) is 11.2. The van der Waals surface area contributed by atoms with Gasteiger partial charge < -0.3 is 14.7 Å². The molecule has 0 unspecified atom stereocenters. The van der Waals surface area contributed by atoms with Crippen LogP contribution >= 0.6 is 11.6 Å². The largest absolute Gasteiger partial charge is 0.377 e. The summed E-state index contributed by atoms with van der Waals surface area (Å²) in [7, 11) is 3.47. The molecule has 174 valence electrons. The van der Waals surface area contributed by atoms with Gasteiger partial charge in [-0.25, -0.2) is 4.98 Å². The van der Waals surface area contributed by atoms with Crippen LogP contribution in [-0.2, 0) is 7.05 Å². The lowest BCUT2D eigenvalue weighted by Gasteiger charge is -2.17. The van der Waals surface area contributed by atoms with E-state index in [0.717, 1.165) is 32.9 Å². The van der Waals surface area contributed by atoms with Crippen LogP contribution in [0.3, 0.4) is 0 Å². The van der Waals surface area contributed by atoms with Gasteiger partial charge >= 0.3 is 5.91 Å². The summed E-state index contributed by atoms with van der Waals surface area (Å²) in [5.74, 6) is 0.792. The van der Waals surface area contributed by atoms with Crippen molar-refractivity contribution in [1.29, 1.82) is 0 Å². The maximum atomic E-state index is 12.5. The van der Waals surface area contributed by atoms with E-state index in [1.165, 1.54) is 0 Å². The maximum absolute atomic E-state index is 12.5. The van der Waals surface area contributed by atoms with Gasteiger partial charge in [-0.15, -0.1) is 0 Å². The molecule has 0 atom stereocenters. The molecule has 0 spiro atoms. The highest BCUT2D eigenvalue weighted by atomic mass is 35.5. The van der Waals surface area contributed by atoms with Crippen molar-refractivity contribution in [3.05, 3.63) is 96.0 Å². The van der Waals surface area contributed by atoms with E-state index >= 15 is 0 Å². The Morgan fingerprint density at radius 2 is 1.86 bits per heavy atom. The lowest BCUT2D eigenvalue weighted by Crippen LogP contribution is -2.30. The summed E-state index contributed by atoms with van der Waals surface area (Å²) in [5, 5.41) is 5.17. The van der Waals surface area contributed by atoms with Gasteiger partial charge in [0.1, 0.15) is 5.69 Å². The van der Waals surface area contributed by atoms with Gasteiger partial charge in [0.05, 0.1) is 11.0 Å². The monoisotopic (exact) mass is 484 g/mol. The number of rotatable bonds is 6. The smallest absolute Gasteiger partial charge is 0.304 e. The highest BCUT2D eigenvalue weighted by molar-refractivity contribution is 6.33. The topological polar surface area (TPSA) is 85.2 Å². The Hall–Kier alpha value is -4.43. The molecule has 2 aromatic carbocycles. The third-order valence-electron chi connectivity index (χ3n) is 5.48. The van der Waals surface area contributed by atoms with Gasteiger partial charge in [-0.05, 0) is 60.2 Å². The Labute approximate surface area is 206 Å². The number of carbonyl (C=O) groups is 1. The fraction of sp³-hybridized carbons (Fsp3) is 0.0769. The van der Waals surface area contributed by atoms with Crippen molar-refractivity contribution in [3.63, 3.8) is 0 Å². The number of amides is 1. The molecule has 35 heavy (non-hydrogen) atoms. The highest BCUT2D eigenvalue weighted by Crippen LogP contribution is 2.32. The summed E-state index contributed by atoms with van der Waals surface area (Å²) in [6.45, 7) is 0. The van der Waals surface area contributed by atoms with Crippen molar-refractivity contribution in [3.8, 4) is 16.9 Å². The average molecular weight is 485 g/mol. The molecule has 5 rings (SSSR count). The number of hydrogen-bond acceptors (Lipinski definition) is 6. The minimum Gasteiger partial charge on any atom is -0.377 e. The van der Waals surface area contributed by atoms with Crippen LogP contribution < -0.4 is 10.2 Å². The van der Waals surface area contributed by atoms with E-state index in [4.69, 9.17) is 21.4 Å². The lowest BCUT2D eigenvalue weighted by molar-refractivity contribution is -0.0142. The number of pyridine rings is 2. The highest BCUT2D eigenvalue weighted by Gasteiger charge is 2.16. The summed E-state index contributed by atoms with van der Waals surface area (Å²) < 4.78 is 1.95. The number of halogens is 1. The molecule has 0 aliphatic carbocycles. The van der Waals surface area contributed by atoms with Crippen LogP contribution in [0.15, 0.2) is 85.3 Å². The first-order valence-electron chi connectivity index (χ1n) is 10.8. The third-order valence-corrected chi connectivity index (χ3v) is 5.81. The number of imidazole rings is 1. The van der Waals surface area contributed by atoms with Gasteiger partial charge in [0.15, 0.2) is 5.75 Å². The molecule has 3 heterocycles. The zero-order valence-electron chi connectivity index (χ0n) is 19.0. The number of nitrogens with zero attached hydrogens (tertiary/aromatic N) is 5. The lowest BCUT2D eigenvalue weighted by atomic mass is 10.1. The Balaban J connectivity index is 1.38. The van der Waals surface area contributed by atoms with Crippen LogP contribution in [0.5, 0.6) is 5.75 Å². The van der Waals surface area contributed by atoms with Gasteiger partial charge in [-0.1, -0.05) is 17.7 Å². The molecule has 9 heteroatoms. The van der Waals surface area contributed by atoms with Crippen LogP contribution in [0, 0.1) is 0 Å². The molecule has 5 aromatic rings. The average Bonchev–Trinajstić information content (AvgIpc) is 3.19. The quantitative estimate of drug-likeness (QED) is 0.321. The van der Waals surface area contributed by atoms with Crippen LogP contribution in [0.2, 0.25) is 5.02 Å². The summed E-state index contributed by atoms with van der Waals surface area (Å²) in [4.78, 5) is 31.1. The van der Waals surface area contributed by atoms with Crippen molar-refractivity contribution in [2.75, 3.05) is 12.4 Å². The van der Waals surface area contributed by atoms with E-state index < -0.39 is 0 Å². The van der Waals surface area contributed by atoms with Crippen molar-refractivity contribution in [1.82, 2.24) is 24.6 Å². The van der Waals surface area contributed by atoms with Gasteiger partial charge in [0, 0.05) is 55.0 Å². The Bertz CT molecular complexity index is 1510. The number of hydroxylamine groups is 2. The van der Waals surface area contributed by atoms with Crippen molar-refractivity contribution < 1.29 is 9.63 Å². The molecular formula is C26H21ClN6O2. The van der Waals surface area contributed by atoms with Crippen LogP contribution in [0.1, 0.15) is 10.5 Å². The van der Waals surface area contributed by atoms with E-state index in [2.05, 4.69) is 15.3 Å². The number of nitrogens with one attached hydrogen (secondary N) is 1. The number of carbonyl (C=O) groups excluding carboxylic acids is 1. The molecule has 0 aliphatic heterocycles. The molecule has 0 bridgehead atoms. The molecule has 8 nitrogen and oxygen atoms in total. The minimum atomic E-state index is -0.346. The number of anilines is 2.